The highest BCUT2D eigenvalue weighted by Gasteiger charge is 2.25. The average molecular weight is 360 g/mol. The highest BCUT2D eigenvalue weighted by atomic mass is 19.1. The average Bonchev–Trinajstić information content (AvgIpc) is 2.67. The number of ether oxygens (including phenoxy) is 2. The number of carbonyl (C=O) groups excluding carboxylic acids is 1. The van der Waals surface area contributed by atoms with Crippen LogP contribution in [0.4, 0.5) is 10.1 Å². The lowest BCUT2D eigenvalue weighted by Gasteiger charge is -2.33. The molecular weight excluding hydrogens is 343 g/mol. The maximum absolute atomic E-state index is 13.0. The third-order valence-electron chi connectivity index (χ3n) is 4.07. The van der Waals surface area contributed by atoms with Gasteiger partial charge in [-0.1, -0.05) is 12.1 Å². The summed E-state index contributed by atoms with van der Waals surface area (Å²) < 4.78 is 24.1. The Bertz CT molecular complexity index is 779. The van der Waals surface area contributed by atoms with Crippen LogP contribution in [0.5, 0.6) is 5.75 Å². The number of morpholine rings is 1. The highest BCUT2D eigenvalue weighted by Crippen LogP contribution is 2.23. The van der Waals surface area contributed by atoms with Crippen LogP contribution in [0.15, 0.2) is 48.5 Å². The summed E-state index contributed by atoms with van der Waals surface area (Å²) in [5.41, 5.74) is 0.763. The molecule has 1 saturated heterocycles. The fourth-order valence-electron chi connectivity index (χ4n) is 2.66. The van der Waals surface area contributed by atoms with Crippen LogP contribution < -0.4 is 4.74 Å². The molecule has 1 amide bonds. The standard InChI is InChI=1S/C18H17FN2O5/c19-14-3-1-13(2-4-14)17-11-20(9-10-25-17)18(22)12-26-16-7-5-15(6-8-16)21(23)24/h1-8,17H,9-12H2. The maximum atomic E-state index is 13.0. The van der Waals surface area contributed by atoms with Crippen molar-refractivity contribution in [3.05, 3.63) is 70.0 Å². The molecule has 0 aliphatic carbocycles. The molecule has 3 rings (SSSR count). The van der Waals surface area contributed by atoms with E-state index in [2.05, 4.69) is 0 Å². The number of nitro benzene ring substituents is 1. The van der Waals surface area contributed by atoms with E-state index in [0.717, 1.165) is 5.56 Å². The molecule has 0 aromatic heterocycles. The third kappa shape index (κ3) is 4.34. The zero-order valence-corrected chi connectivity index (χ0v) is 13.8. The molecule has 1 aliphatic rings. The summed E-state index contributed by atoms with van der Waals surface area (Å²) in [5.74, 6) is -0.153. The van der Waals surface area contributed by atoms with Gasteiger partial charge in [-0.25, -0.2) is 4.39 Å². The van der Waals surface area contributed by atoms with Crippen molar-refractivity contribution < 1.29 is 23.6 Å². The van der Waals surface area contributed by atoms with Gasteiger partial charge in [-0.05, 0) is 29.8 Å². The normalized spacial score (nSPS) is 17.0. The van der Waals surface area contributed by atoms with Gasteiger partial charge in [0.1, 0.15) is 17.7 Å². The number of hydrogen-bond donors (Lipinski definition) is 0. The van der Waals surface area contributed by atoms with E-state index in [9.17, 15) is 19.3 Å². The van der Waals surface area contributed by atoms with Crippen molar-refractivity contribution in [3.63, 3.8) is 0 Å². The molecule has 136 valence electrons. The molecule has 0 saturated carbocycles. The quantitative estimate of drug-likeness (QED) is 0.605. The second-order valence-electron chi connectivity index (χ2n) is 5.79. The summed E-state index contributed by atoms with van der Waals surface area (Å²) in [5, 5.41) is 10.6. The van der Waals surface area contributed by atoms with Crippen LogP contribution in [-0.4, -0.2) is 42.0 Å². The van der Waals surface area contributed by atoms with Gasteiger partial charge in [0, 0.05) is 18.7 Å². The summed E-state index contributed by atoms with van der Waals surface area (Å²) in [6.45, 7) is 1.01. The summed E-state index contributed by atoms with van der Waals surface area (Å²) >= 11 is 0. The lowest BCUT2D eigenvalue weighted by Crippen LogP contribution is -2.44. The first-order chi connectivity index (χ1) is 12.5. The van der Waals surface area contributed by atoms with Crippen molar-refractivity contribution >= 4 is 11.6 Å². The van der Waals surface area contributed by atoms with E-state index in [-0.39, 0.29) is 30.1 Å². The van der Waals surface area contributed by atoms with E-state index < -0.39 is 4.92 Å². The Kier molecular flexibility index (Phi) is 5.43. The lowest BCUT2D eigenvalue weighted by molar-refractivity contribution is -0.384. The van der Waals surface area contributed by atoms with Gasteiger partial charge in [0.15, 0.2) is 6.61 Å². The monoisotopic (exact) mass is 360 g/mol. The van der Waals surface area contributed by atoms with Crippen molar-refractivity contribution in [1.82, 2.24) is 4.90 Å². The summed E-state index contributed by atoms with van der Waals surface area (Å²) in [6.07, 6.45) is -0.312. The molecule has 7 nitrogen and oxygen atoms in total. The van der Waals surface area contributed by atoms with Crippen LogP contribution >= 0.6 is 0 Å². The lowest BCUT2D eigenvalue weighted by atomic mass is 10.1. The van der Waals surface area contributed by atoms with Gasteiger partial charge in [-0.3, -0.25) is 14.9 Å². The van der Waals surface area contributed by atoms with Crippen molar-refractivity contribution in [1.29, 1.82) is 0 Å². The first-order valence-corrected chi connectivity index (χ1v) is 8.05. The Morgan fingerprint density at radius 1 is 1.23 bits per heavy atom. The maximum Gasteiger partial charge on any atom is 0.269 e. The van der Waals surface area contributed by atoms with Gasteiger partial charge in [0.25, 0.3) is 11.6 Å². The minimum absolute atomic E-state index is 0.0426. The molecule has 1 fully saturated rings. The van der Waals surface area contributed by atoms with Gasteiger partial charge < -0.3 is 14.4 Å². The second kappa shape index (κ2) is 7.92. The molecule has 1 unspecified atom stereocenters. The van der Waals surface area contributed by atoms with E-state index in [1.54, 1.807) is 17.0 Å². The molecule has 1 atom stereocenters. The fraction of sp³-hybridized carbons (Fsp3) is 0.278. The van der Waals surface area contributed by atoms with E-state index in [1.165, 1.54) is 36.4 Å². The Balaban J connectivity index is 1.55. The largest absolute Gasteiger partial charge is 0.484 e. The fourth-order valence-corrected chi connectivity index (χ4v) is 2.66. The number of halogens is 1. The first kappa shape index (κ1) is 17.8. The number of amides is 1. The highest BCUT2D eigenvalue weighted by molar-refractivity contribution is 5.78. The van der Waals surface area contributed by atoms with Crippen LogP contribution in [0, 0.1) is 15.9 Å². The molecule has 0 radical (unpaired) electrons. The number of rotatable bonds is 5. The molecular formula is C18H17FN2O5. The number of nitro groups is 1. The predicted molar refractivity (Wildman–Crippen MR) is 90.3 cm³/mol. The van der Waals surface area contributed by atoms with Gasteiger partial charge >= 0.3 is 0 Å². The summed E-state index contributed by atoms with van der Waals surface area (Å²) in [6, 6.07) is 11.5. The van der Waals surface area contributed by atoms with Crippen molar-refractivity contribution in [2.24, 2.45) is 0 Å². The topological polar surface area (TPSA) is 81.9 Å². The van der Waals surface area contributed by atoms with Crippen molar-refractivity contribution in [2.75, 3.05) is 26.3 Å². The zero-order valence-electron chi connectivity index (χ0n) is 13.8. The van der Waals surface area contributed by atoms with Gasteiger partial charge in [0.05, 0.1) is 18.1 Å². The summed E-state index contributed by atoms with van der Waals surface area (Å²) in [7, 11) is 0. The van der Waals surface area contributed by atoms with Gasteiger partial charge in [0.2, 0.25) is 0 Å². The Morgan fingerprint density at radius 3 is 2.58 bits per heavy atom. The molecule has 0 spiro atoms. The number of non-ortho nitro benzene ring substituents is 1. The van der Waals surface area contributed by atoms with Crippen LogP contribution in [0.25, 0.3) is 0 Å². The minimum Gasteiger partial charge on any atom is -0.484 e. The van der Waals surface area contributed by atoms with E-state index in [0.29, 0.717) is 25.4 Å². The zero-order chi connectivity index (χ0) is 18.5. The Morgan fingerprint density at radius 2 is 1.92 bits per heavy atom. The Hall–Kier alpha value is -3.00. The van der Waals surface area contributed by atoms with Crippen molar-refractivity contribution in [3.8, 4) is 5.75 Å². The molecule has 1 heterocycles. The second-order valence-corrected chi connectivity index (χ2v) is 5.79. The first-order valence-electron chi connectivity index (χ1n) is 8.05. The molecule has 0 N–H and O–H groups in total. The van der Waals surface area contributed by atoms with Crippen LogP contribution in [0.3, 0.4) is 0 Å². The smallest absolute Gasteiger partial charge is 0.269 e. The number of hydrogen-bond acceptors (Lipinski definition) is 5. The van der Waals surface area contributed by atoms with Gasteiger partial charge in [-0.2, -0.15) is 0 Å². The molecule has 0 bridgehead atoms. The third-order valence-corrected chi connectivity index (χ3v) is 4.07. The van der Waals surface area contributed by atoms with Gasteiger partial charge in [-0.15, -0.1) is 0 Å². The van der Waals surface area contributed by atoms with Crippen LogP contribution in [0.2, 0.25) is 0 Å². The number of nitrogens with zero attached hydrogens (tertiary/aromatic N) is 2. The van der Waals surface area contributed by atoms with Crippen LogP contribution in [0.1, 0.15) is 11.7 Å². The molecule has 26 heavy (non-hydrogen) atoms. The minimum atomic E-state index is -0.502. The summed E-state index contributed by atoms with van der Waals surface area (Å²) in [4.78, 5) is 24.1. The molecule has 8 heteroatoms. The van der Waals surface area contributed by atoms with Crippen molar-refractivity contribution in [2.45, 2.75) is 6.10 Å². The molecule has 1 aliphatic heterocycles. The number of benzene rings is 2. The van der Waals surface area contributed by atoms with Crippen LogP contribution in [-0.2, 0) is 9.53 Å². The van der Waals surface area contributed by atoms with E-state index in [1.807, 2.05) is 0 Å². The number of carbonyl (C=O) groups is 1. The molecule has 2 aromatic rings. The van der Waals surface area contributed by atoms with E-state index >= 15 is 0 Å². The SMILES string of the molecule is O=C(COc1ccc([N+](=O)[O-])cc1)N1CCOC(c2ccc(F)cc2)C1. The predicted octanol–water partition coefficient (Wildman–Crippen LogP) is 2.71. The molecule has 2 aromatic carbocycles. The van der Waals surface area contributed by atoms with E-state index in [4.69, 9.17) is 9.47 Å². The Labute approximate surface area is 149 Å².